The van der Waals surface area contributed by atoms with E-state index >= 15 is 0 Å². The Balaban J connectivity index is 1.37. The molecule has 0 aromatic heterocycles. The van der Waals surface area contributed by atoms with Gasteiger partial charge in [0.1, 0.15) is 0 Å². The smallest absolute Gasteiger partial charge is 0.0445 e. The quantitative estimate of drug-likeness (QED) is 0.201. The van der Waals surface area contributed by atoms with E-state index in [1.807, 2.05) is 0 Å². The Morgan fingerprint density at radius 3 is 2.40 bits per heavy atom. The van der Waals surface area contributed by atoms with Crippen LogP contribution in [-0.2, 0) is 10.8 Å². The average molecular weight is 590 g/mol. The third kappa shape index (κ3) is 9.18. The predicted octanol–water partition coefficient (Wildman–Crippen LogP) is 9.42. The van der Waals surface area contributed by atoms with Crippen LogP contribution in [0.3, 0.4) is 0 Å². The molecule has 0 spiro atoms. The molecule has 1 aromatic carbocycles. The van der Waals surface area contributed by atoms with Crippen LogP contribution in [0.15, 0.2) is 53.6 Å². The van der Waals surface area contributed by atoms with Gasteiger partial charge in [-0.05, 0) is 133 Å². The van der Waals surface area contributed by atoms with E-state index in [9.17, 15) is 10.2 Å². The van der Waals surface area contributed by atoms with Gasteiger partial charge >= 0.3 is 0 Å². The lowest BCUT2D eigenvalue weighted by atomic mass is 9.62. The van der Waals surface area contributed by atoms with E-state index in [2.05, 4.69) is 77.1 Å². The van der Waals surface area contributed by atoms with Crippen LogP contribution in [0.1, 0.15) is 147 Å². The fourth-order valence-electron chi connectivity index (χ4n) is 8.30. The summed E-state index contributed by atoms with van der Waals surface area (Å²) in [4.78, 5) is 0. The molecule has 1 aromatic rings. The SMILES string of the molecule is CC1CC(C2=CCCC(CC(CCCCO)CCC(N)CCO)CC2)=CC=CC1c1ccc2c(c1)C(C)(C)CCC2(C)C. The highest BCUT2D eigenvalue weighted by Gasteiger charge is 2.37. The van der Waals surface area contributed by atoms with E-state index in [1.165, 1.54) is 56.9 Å². The maximum Gasteiger partial charge on any atom is 0.0445 e. The van der Waals surface area contributed by atoms with Crippen LogP contribution in [0.25, 0.3) is 0 Å². The second kappa shape index (κ2) is 15.5. The highest BCUT2D eigenvalue weighted by molar-refractivity contribution is 5.46. The van der Waals surface area contributed by atoms with Gasteiger partial charge in [0.05, 0.1) is 0 Å². The van der Waals surface area contributed by atoms with Crippen LogP contribution < -0.4 is 5.73 Å². The molecule has 0 heterocycles. The maximum atomic E-state index is 9.32. The molecule has 0 saturated heterocycles. The summed E-state index contributed by atoms with van der Waals surface area (Å²) in [5, 5.41) is 18.6. The van der Waals surface area contributed by atoms with Crippen molar-refractivity contribution in [1.82, 2.24) is 0 Å². The van der Waals surface area contributed by atoms with Gasteiger partial charge in [0, 0.05) is 25.2 Å². The van der Waals surface area contributed by atoms with Crippen molar-refractivity contribution in [3.8, 4) is 0 Å². The molecule has 3 nitrogen and oxygen atoms in total. The first kappa shape index (κ1) is 34.2. The number of hydrogen-bond donors (Lipinski definition) is 3. The number of hydrogen-bond acceptors (Lipinski definition) is 3. The molecule has 4 N–H and O–H groups in total. The molecule has 43 heavy (non-hydrogen) atoms. The van der Waals surface area contributed by atoms with Crippen molar-refractivity contribution in [3.63, 3.8) is 0 Å². The minimum atomic E-state index is 0.105. The lowest BCUT2D eigenvalue weighted by molar-refractivity contribution is 0.249. The number of rotatable bonds is 13. The Bertz CT molecular complexity index is 1130. The van der Waals surface area contributed by atoms with E-state index in [4.69, 9.17) is 5.73 Å². The molecule has 0 aliphatic heterocycles. The number of fused-ring (bicyclic) bond motifs is 1. The molecule has 3 heteroatoms. The summed E-state index contributed by atoms with van der Waals surface area (Å²) in [6, 6.07) is 7.56. The molecule has 5 atom stereocenters. The van der Waals surface area contributed by atoms with Crippen molar-refractivity contribution in [2.24, 2.45) is 23.5 Å². The molecule has 4 rings (SSSR count). The summed E-state index contributed by atoms with van der Waals surface area (Å²) >= 11 is 0. The molecule has 240 valence electrons. The van der Waals surface area contributed by atoms with Gasteiger partial charge in [-0.25, -0.2) is 0 Å². The number of aliphatic hydroxyl groups excluding tert-OH is 2. The number of unbranched alkanes of at least 4 members (excludes halogenated alkanes) is 1. The second-order valence-corrected chi connectivity index (χ2v) is 15.7. The van der Waals surface area contributed by atoms with Gasteiger partial charge in [-0.1, -0.05) is 90.0 Å². The molecular formula is C40H63NO2. The van der Waals surface area contributed by atoms with Crippen molar-refractivity contribution < 1.29 is 10.2 Å². The summed E-state index contributed by atoms with van der Waals surface area (Å²) in [5.74, 6) is 2.46. The number of nitrogens with two attached hydrogens (primary N) is 1. The highest BCUT2D eigenvalue weighted by Crippen LogP contribution is 2.47. The fraction of sp³-hybridized carbons (Fsp3) is 0.700. The van der Waals surface area contributed by atoms with Crippen LogP contribution in [-0.4, -0.2) is 29.5 Å². The fourth-order valence-corrected chi connectivity index (χ4v) is 8.30. The normalized spacial score (nSPS) is 26.5. The first-order valence-electron chi connectivity index (χ1n) is 17.7. The molecule has 0 fully saturated rings. The van der Waals surface area contributed by atoms with Gasteiger partial charge in [0.2, 0.25) is 0 Å². The number of aliphatic hydroxyl groups is 2. The van der Waals surface area contributed by atoms with Crippen LogP contribution in [0.5, 0.6) is 0 Å². The van der Waals surface area contributed by atoms with Crippen LogP contribution in [0.2, 0.25) is 0 Å². The summed E-state index contributed by atoms with van der Waals surface area (Å²) in [6.07, 6.45) is 25.7. The minimum Gasteiger partial charge on any atom is -0.396 e. The van der Waals surface area contributed by atoms with Crippen molar-refractivity contribution in [3.05, 3.63) is 70.3 Å². The first-order chi connectivity index (χ1) is 20.5. The summed E-state index contributed by atoms with van der Waals surface area (Å²) in [6.45, 7) is 12.6. The van der Waals surface area contributed by atoms with Crippen LogP contribution in [0.4, 0.5) is 0 Å². The lowest BCUT2D eigenvalue weighted by Crippen LogP contribution is -2.34. The Hall–Kier alpha value is -1.68. The lowest BCUT2D eigenvalue weighted by Gasteiger charge is -2.42. The van der Waals surface area contributed by atoms with Crippen molar-refractivity contribution in [2.45, 2.75) is 147 Å². The van der Waals surface area contributed by atoms with Crippen LogP contribution >= 0.6 is 0 Å². The Labute approximate surface area is 264 Å². The van der Waals surface area contributed by atoms with Gasteiger partial charge in [-0.15, -0.1) is 0 Å². The van der Waals surface area contributed by atoms with E-state index in [0.717, 1.165) is 38.0 Å². The third-order valence-corrected chi connectivity index (χ3v) is 11.4. The monoisotopic (exact) mass is 589 g/mol. The molecule has 0 radical (unpaired) electrons. The molecule has 3 aliphatic rings. The summed E-state index contributed by atoms with van der Waals surface area (Å²) in [5.41, 5.74) is 14.5. The number of allylic oxidation sites excluding steroid dienone is 6. The zero-order valence-electron chi connectivity index (χ0n) is 28.2. The molecule has 0 saturated carbocycles. The zero-order chi connectivity index (χ0) is 31.0. The van der Waals surface area contributed by atoms with Crippen molar-refractivity contribution in [1.29, 1.82) is 0 Å². The molecule has 0 bridgehead atoms. The largest absolute Gasteiger partial charge is 0.396 e. The highest BCUT2D eigenvalue weighted by atomic mass is 16.3. The van der Waals surface area contributed by atoms with E-state index in [-0.39, 0.29) is 23.5 Å². The van der Waals surface area contributed by atoms with Gasteiger partial charge in [0.15, 0.2) is 0 Å². The van der Waals surface area contributed by atoms with E-state index < -0.39 is 0 Å². The third-order valence-electron chi connectivity index (χ3n) is 11.4. The second-order valence-electron chi connectivity index (χ2n) is 15.7. The average Bonchev–Trinajstić information content (AvgIpc) is 3.32. The first-order valence-corrected chi connectivity index (χ1v) is 17.7. The minimum absolute atomic E-state index is 0.105. The predicted molar refractivity (Wildman–Crippen MR) is 183 cm³/mol. The molecule has 0 amide bonds. The van der Waals surface area contributed by atoms with Crippen molar-refractivity contribution in [2.75, 3.05) is 13.2 Å². The van der Waals surface area contributed by atoms with Gasteiger partial charge < -0.3 is 15.9 Å². The maximum absolute atomic E-state index is 9.32. The zero-order valence-corrected chi connectivity index (χ0v) is 28.2. The Kier molecular flexibility index (Phi) is 12.4. The molecular weight excluding hydrogens is 526 g/mol. The van der Waals surface area contributed by atoms with Gasteiger partial charge in [0.25, 0.3) is 0 Å². The van der Waals surface area contributed by atoms with E-state index in [0.29, 0.717) is 30.8 Å². The standard InChI is InChI=1S/C40H63NO2/c1-29-26-33(13-9-14-36(29)34-18-20-37-38(28-34)40(4,5)23-22-39(37,2)3)32-12-8-11-31(15-17-32)27-30(10-6-7-24-42)16-19-35(41)21-25-43/h9,12-14,18,20,28-31,35-36,42-43H,6-8,10-11,15-17,19,21-27,41H2,1-5H3. The Morgan fingerprint density at radius 1 is 0.884 bits per heavy atom. The van der Waals surface area contributed by atoms with Gasteiger partial charge in [-0.2, -0.15) is 0 Å². The van der Waals surface area contributed by atoms with Gasteiger partial charge in [-0.3, -0.25) is 0 Å². The molecule has 5 unspecified atom stereocenters. The van der Waals surface area contributed by atoms with Crippen molar-refractivity contribution >= 4 is 0 Å². The summed E-state index contributed by atoms with van der Waals surface area (Å²) < 4.78 is 0. The van der Waals surface area contributed by atoms with Crippen LogP contribution in [0, 0.1) is 17.8 Å². The molecule has 3 aliphatic carbocycles. The van der Waals surface area contributed by atoms with E-state index in [1.54, 1.807) is 22.3 Å². The topological polar surface area (TPSA) is 66.5 Å². The summed E-state index contributed by atoms with van der Waals surface area (Å²) in [7, 11) is 0. The Morgan fingerprint density at radius 2 is 1.65 bits per heavy atom. The number of benzene rings is 1.